The van der Waals surface area contributed by atoms with Gasteiger partial charge in [0.05, 0.1) is 23.0 Å². The molecule has 5 nitrogen and oxygen atoms in total. The molecule has 3 aromatic rings. The second-order valence-electron chi connectivity index (χ2n) is 6.35. The Kier molecular flexibility index (Phi) is 4.96. The molecule has 3 rings (SSSR count). The Balaban J connectivity index is 2.24. The average molecular weight is 423 g/mol. The van der Waals surface area contributed by atoms with Gasteiger partial charge in [-0.25, -0.2) is 17.5 Å². The van der Waals surface area contributed by atoms with Crippen LogP contribution < -0.4 is 0 Å². The van der Waals surface area contributed by atoms with Crippen LogP contribution in [0.1, 0.15) is 16.8 Å². The fourth-order valence-electron chi connectivity index (χ4n) is 2.79. The molecule has 0 aliphatic rings. The topological polar surface area (TPSA) is 75.8 Å². The molecular weight excluding hydrogens is 410 g/mol. The first-order valence-corrected chi connectivity index (χ1v) is 9.99. The third-order valence-electron chi connectivity index (χ3n) is 4.20. The van der Waals surface area contributed by atoms with E-state index in [0.29, 0.717) is 11.1 Å². The summed E-state index contributed by atoms with van der Waals surface area (Å²) in [6.07, 6.45) is -3.91. The van der Waals surface area contributed by atoms with E-state index in [0.717, 1.165) is 29.1 Å². The van der Waals surface area contributed by atoms with Crippen LogP contribution in [0.2, 0.25) is 0 Å². The van der Waals surface area contributed by atoms with Gasteiger partial charge in [0, 0.05) is 11.8 Å². The van der Waals surface area contributed by atoms with E-state index < -0.39 is 32.4 Å². The smallest absolute Gasteiger partial charge is 0.232 e. The van der Waals surface area contributed by atoms with Crippen molar-refractivity contribution in [1.29, 1.82) is 5.26 Å². The minimum atomic E-state index is -4.74. The largest absolute Gasteiger partial charge is 0.435 e. The number of alkyl halides is 3. The third-order valence-corrected chi connectivity index (χ3v) is 5.33. The van der Waals surface area contributed by atoms with Crippen LogP contribution in [0.4, 0.5) is 17.6 Å². The number of nitriles is 1. The van der Waals surface area contributed by atoms with Gasteiger partial charge < -0.3 is 0 Å². The SMILES string of the molecule is Cc1cc(-n2nc(C(F)(F)F)cc2-c2ccc(S(C)(=O)=O)c(F)c2)ccc1C#N. The lowest BCUT2D eigenvalue weighted by Crippen LogP contribution is -2.07. The summed E-state index contributed by atoms with van der Waals surface area (Å²) in [6, 6.07) is 10.1. The van der Waals surface area contributed by atoms with E-state index in [1.807, 2.05) is 6.07 Å². The van der Waals surface area contributed by atoms with Gasteiger partial charge in [-0.3, -0.25) is 0 Å². The van der Waals surface area contributed by atoms with E-state index in [9.17, 15) is 26.0 Å². The predicted octanol–water partition coefficient (Wildman–Crippen LogP) is 4.28. The summed E-state index contributed by atoms with van der Waals surface area (Å²) in [5.41, 5.74) is -0.150. The van der Waals surface area contributed by atoms with Gasteiger partial charge in [0.25, 0.3) is 0 Å². The highest BCUT2D eigenvalue weighted by atomic mass is 32.2. The Hall–Kier alpha value is -3.19. The van der Waals surface area contributed by atoms with Crippen molar-refractivity contribution >= 4 is 9.84 Å². The molecule has 0 atom stereocenters. The summed E-state index contributed by atoms with van der Waals surface area (Å²) in [5.74, 6) is -1.08. The summed E-state index contributed by atoms with van der Waals surface area (Å²) in [6.45, 7) is 1.62. The number of nitrogens with zero attached hydrogens (tertiary/aromatic N) is 3. The normalized spacial score (nSPS) is 12.0. The molecule has 0 bridgehead atoms. The monoisotopic (exact) mass is 423 g/mol. The van der Waals surface area contributed by atoms with Crippen LogP contribution in [-0.2, 0) is 16.0 Å². The van der Waals surface area contributed by atoms with Crippen molar-refractivity contribution in [3.63, 3.8) is 0 Å². The molecule has 150 valence electrons. The maximum Gasteiger partial charge on any atom is 0.435 e. The van der Waals surface area contributed by atoms with Crippen molar-refractivity contribution in [1.82, 2.24) is 9.78 Å². The maximum atomic E-state index is 14.3. The van der Waals surface area contributed by atoms with Crippen molar-refractivity contribution in [2.75, 3.05) is 6.26 Å². The highest BCUT2D eigenvalue weighted by Gasteiger charge is 2.35. The second kappa shape index (κ2) is 7.00. The summed E-state index contributed by atoms with van der Waals surface area (Å²) in [7, 11) is -3.83. The van der Waals surface area contributed by atoms with Crippen molar-refractivity contribution in [2.45, 2.75) is 18.0 Å². The van der Waals surface area contributed by atoms with Crippen molar-refractivity contribution < 1.29 is 26.0 Å². The lowest BCUT2D eigenvalue weighted by Gasteiger charge is -2.10. The predicted molar refractivity (Wildman–Crippen MR) is 96.5 cm³/mol. The van der Waals surface area contributed by atoms with Crippen LogP contribution in [0.3, 0.4) is 0 Å². The fraction of sp³-hybridized carbons (Fsp3) is 0.158. The number of halogens is 4. The lowest BCUT2D eigenvalue weighted by atomic mass is 10.1. The van der Waals surface area contributed by atoms with Crippen molar-refractivity contribution in [3.05, 3.63) is 65.1 Å². The fourth-order valence-corrected chi connectivity index (χ4v) is 3.52. The number of hydrogen-bond acceptors (Lipinski definition) is 4. The molecule has 0 aliphatic carbocycles. The minimum Gasteiger partial charge on any atom is -0.232 e. The number of aromatic nitrogens is 2. The summed E-state index contributed by atoms with van der Waals surface area (Å²) >= 11 is 0. The molecular formula is C19H13F4N3O2S. The zero-order valence-electron chi connectivity index (χ0n) is 15.1. The number of rotatable bonds is 3. The van der Waals surface area contributed by atoms with E-state index in [1.165, 1.54) is 24.3 Å². The van der Waals surface area contributed by atoms with Gasteiger partial charge in [0.2, 0.25) is 0 Å². The van der Waals surface area contributed by atoms with Crippen LogP contribution in [0, 0.1) is 24.1 Å². The Labute approximate surface area is 163 Å². The van der Waals surface area contributed by atoms with Crippen LogP contribution >= 0.6 is 0 Å². The zero-order valence-corrected chi connectivity index (χ0v) is 15.9. The Morgan fingerprint density at radius 3 is 2.31 bits per heavy atom. The lowest BCUT2D eigenvalue weighted by molar-refractivity contribution is -0.141. The first-order valence-electron chi connectivity index (χ1n) is 8.10. The number of aryl methyl sites for hydroxylation is 1. The number of sulfone groups is 1. The molecule has 0 saturated heterocycles. The molecule has 0 spiro atoms. The highest BCUT2D eigenvalue weighted by molar-refractivity contribution is 7.90. The molecule has 0 amide bonds. The first-order chi connectivity index (χ1) is 13.4. The van der Waals surface area contributed by atoms with Crippen molar-refractivity contribution in [3.8, 4) is 23.0 Å². The summed E-state index contributed by atoms with van der Waals surface area (Å²) < 4.78 is 78.2. The van der Waals surface area contributed by atoms with Crippen LogP contribution in [0.15, 0.2) is 47.4 Å². The van der Waals surface area contributed by atoms with Gasteiger partial charge in [0.1, 0.15) is 10.7 Å². The zero-order chi connectivity index (χ0) is 21.6. The first kappa shape index (κ1) is 20.5. The van der Waals surface area contributed by atoms with Crippen LogP contribution in [0.25, 0.3) is 16.9 Å². The molecule has 2 aromatic carbocycles. The average Bonchev–Trinajstić information content (AvgIpc) is 3.06. The molecule has 0 aliphatic heterocycles. The summed E-state index contributed by atoms with van der Waals surface area (Å²) in [4.78, 5) is -0.558. The van der Waals surface area contributed by atoms with Crippen LogP contribution in [-0.4, -0.2) is 24.5 Å². The molecule has 0 radical (unpaired) electrons. The van der Waals surface area contributed by atoms with Gasteiger partial charge in [-0.1, -0.05) is 6.07 Å². The van der Waals surface area contributed by atoms with Crippen molar-refractivity contribution in [2.24, 2.45) is 0 Å². The Morgan fingerprint density at radius 2 is 1.79 bits per heavy atom. The third kappa shape index (κ3) is 4.00. The van der Waals surface area contributed by atoms with E-state index in [1.54, 1.807) is 6.92 Å². The Morgan fingerprint density at radius 1 is 1.10 bits per heavy atom. The van der Waals surface area contributed by atoms with E-state index >= 15 is 0 Å². The second-order valence-corrected chi connectivity index (χ2v) is 8.34. The molecule has 0 fully saturated rings. The van der Waals surface area contributed by atoms with Crippen LogP contribution in [0.5, 0.6) is 0 Å². The quantitative estimate of drug-likeness (QED) is 0.590. The molecule has 0 unspecified atom stereocenters. The van der Waals surface area contributed by atoms with Gasteiger partial charge in [-0.05, 0) is 48.9 Å². The Bertz CT molecular complexity index is 1260. The molecule has 1 aromatic heterocycles. The molecule has 29 heavy (non-hydrogen) atoms. The number of hydrogen-bond donors (Lipinski definition) is 0. The molecule has 0 N–H and O–H groups in total. The van der Waals surface area contributed by atoms with E-state index in [-0.39, 0.29) is 16.9 Å². The van der Waals surface area contributed by atoms with Gasteiger partial charge >= 0.3 is 6.18 Å². The summed E-state index contributed by atoms with van der Waals surface area (Å²) in [5, 5.41) is 12.6. The van der Waals surface area contributed by atoms with E-state index in [4.69, 9.17) is 5.26 Å². The van der Waals surface area contributed by atoms with Gasteiger partial charge in [0.15, 0.2) is 15.5 Å². The molecule has 10 heteroatoms. The molecule has 1 heterocycles. The standard InChI is InChI=1S/C19H13F4N3O2S/c1-11-7-14(5-3-13(11)10-24)26-16(9-18(25-26)19(21,22)23)12-4-6-17(15(20)8-12)29(2,27)28/h3-9H,1-2H3. The van der Waals surface area contributed by atoms with Gasteiger partial charge in [-0.2, -0.15) is 23.5 Å². The van der Waals surface area contributed by atoms with Gasteiger partial charge in [-0.15, -0.1) is 0 Å². The maximum absolute atomic E-state index is 14.3. The highest BCUT2D eigenvalue weighted by Crippen LogP contribution is 2.34. The molecule has 0 saturated carbocycles. The number of benzene rings is 2. The minimum absolute atomic E-state index is 0.0138. The van der Waals surface area contributed by atoms with E-state index in [2.05, 4.69) is 5.10 Å².